The lowest BCUT2D eigenvalue weighted by molar-refractivity contribution is 0.206. The highest BCUT2D eigenvalue weighted by Crippen LogP contribution is 2.27. The number of para-hydroxylation sites is 1. The van der Waals surface area contributed by atoms with Gasteiger partial charge in [0.2, 0.25) is 0 Å². The summed E-state index contributed by atoms with van der Waals surface area (Å²) in [5.41, 5.74) is 1.94. The molecule has 25 heavy (non-hydrogen) atoms. The Balaban J connectivity index is 1.45. The molecule has 0 unspecified atom stereocenters. The third-order valence-electron chi connectivity index (χ3n) is 4.53. The predicted octanol–water partition coefficient (Wildman–Crippen LogP) is 4.67. The van der Waals surface area contributed by atoms with Crippen molar-refractivity contribution in [2.45, 2.75) is 25.3 Å². The van der Waals surface area contributed by atoms with Crippen molar-refractivity contribution in [3.8, 4) is 0 Å². The van der Waals surface area contributed by atoms with Crippen molar-refractivity contribution in [1.29, 1.82) is 0 Å². The van der Waals surface area contributed by atoms with E-state index in [1.807, 2.05) is 29.2 Å². The van der Waals surface area contributed by atoms with Crippen molar-refractivity contribution in [2.75, 3.05) is 11.9 Å². The second-order valence-electron chi connectivity index (χ2n) is 6.24. The molecule has 2 aromatic carbocycles. The molecule has 6 heteroatoms. The van der Waals surface area contributed by atoms with Crippen molar-refractivity contribution in [3.05, 3.63) is 59.9 Å². The Morgan fingerprint density at radius 1 is 1.24 bits per heavy atom. The van der Waals surface area contributed by atoms with E-state index in [1.54, 1.807) is 12.1 Å². The lowest BCUT2D eigenvalue weighted by Crippen LogP contribution is -2.39. The van der Waals surface area contributed by atoms with Gasteiger partial charge in [-0.15, -0.1) is 0 Å². The van der Waals surface area contributed by atoms with Crippen LogP contribution in [0.4, 0.5) is 14.3 Å². The molecule has 4 rings (SSSR count). The number of benzene rings is 2. The molecule has 1 aromatic heterocycles. The largest absolute Gasteiger partial charge is 0.323 e. The number of hydrogen-bond acceptors (Lipinski definition) is 3. The van der Waals surface area contributed by atoms with E-state index in [0.29, 0.717) is 5.13 Å². The summed E-state index contributed by atoms with van der Waals surface area (Å²) in [5.74, 6) is -0.236. The Morgan fingerprint density at radius 3 is 2.84 bits per heavy atom. The maximum atomic E-state index is 13.1. The molecule has 3 aromatic rings. The predicted molar refractivity (Wildman–Crippen MR) is 98.5 cm³/mol. The summed E-state index contributed by atoms with van der Waals surface area (Å²) in [7, 11) is 0. The van der Waals surface area contributed by atoms with Gasteiger partial charge >= 0.3 is 6.03 Å². The van der Waals surface area contributed by atoms with E-state index in [9.17, 15) is 9.18 Å². The number of halogens is 1. The Hall–Kier alpha value is -2.47. The molecule has 2 amide bonds. The molecule has 1 saturated heterocycles. The third-order valence-corrected chi connectivity index (χ3v) is 5.48. The molecule has 0 bridgehead atoms. The fourth-order valence-electron chi connectivity index (χ4n) is 3.30. The Bertz CT molecular complexity index is 860. The second-order valence-corrected chi connectivity index (χ2v) is 7.27. The number of anilines is 1. The minimum Gasteiger partial charge on any atom is -0.321 e. The fraction of sp³-hybridized carbons (Fsp3) is 0.263. The van der Waals surface area contributed by atoms with Crippen LogP contribution in [0.1, 0.15) is 18.4 Å². The minimum atomic E-state index is -0.236. The summed E-state index contributed by atoms with van der Waals surface area (Å²) >= 11 is 1.48. The van der Waals surface area contributed by atoms with Crippen molar-refractivity contribution in [2.24, 2.45) is 0 Å². The number of likely N-dealkylation sites (tertiary alicyclic amines) is 1. The molecule has 2 heterocycles. The smallest absolute Gasteiger partial charge is 0.321 e. The molecule has 0 aliphatic carbocycles. The highest BCUT2D eigenvalue weighted by atomic mass is 32.1. The van der Waals surface area contributed by atoms with Crippen LogP contribution < -0.4 is 5.32 Å². The number of fused-ring (bicyclic) bond motifs is 1. The molecule has 0 spiro atoms. The van der Waals surface area contributed by atoms with Gasteiger partial charge in [0.15, 0.2) is 5.13 Å². The van der Waals surface area contributed by atoms with Gasteiger partial charge in [-0.3, -0.25) is 5.32 Å². The summed E-state index contributed by atoms with van der Waals surface area (Å²) in [4.78, 5) is 19.0. The minimum absolute atomic E-state index is 0.108. The summed E-state index contributed by atoms with van der Waals surface area (Å²) in [6, 6.07) is 14.4. The maximum absolute atomic E-state index is 13.1. The van der Waals surface area contributed by atoms with E-state index >= 15 is 0 Å². The Kier molecular flexibility index (Phi) is 4.36. The monoisotopic (exact) mass is 355 g/mol. The van der Waals surface area contributed by atoms with Crippen LogP contribution in [0.15, 0.2) is 48.5 Å². The number of amides is 2. The zero-order valence-electron chi connectivity index (χ0n) is 13.6. The highest BCUT2D eigenvalue weighted by Gasteiger charge is 2.29. The standard InChI is InChI=1S/C19H18FN3OS/c20-14-9-7-13(8-10-14)12-15-4-3-11-23(15)19(24)22-18-21-16-5-1-2-6-17(16)25-18/h1-2,5-10,15H,3-4,11-12H2,(H,21,22,24)/t15-/m1/s1. The van der Waals surface area contributed by atoms with E-state index in [4.69, 9.17) is 0 Å². The van der Waals surface area contributed by atoms with Gasteiger partial charge in [0.1, 0.15) is 5.82 Å². The first-order valence-corrected chi connectivity index (χ1v) is 9.18. The second kappa shape index (κ2) is 6.80. The van der Waals surface area contributed by atoms with Crippen LogP contribution in [0, 0.1) is 5.82 Å². The van der Waals surface area contributed by atoms with E-state index in [0.717, 1.165) is 41.6 Å². The number of aromatic nitrogens is 1. The first-order chi connectivity index (χ1) is 12.2. The average Bonchev–Trinajstić information content (AvgIpc) is 3.23. The van der Waals surface area contributed by atoms with Gasteiger partial charge in [0.25, 0.3) is 0 Å². The van der Waals surface area contributed by atoms with E-state index in [1.165, 1.54) is 23.5 Å². The van der Waals surface area contributed by atoms with Gasteiger partial charge in [-0.05, 0) is 49.1 Å². The Morgan fingerprint density at radius 2 is 2.04 bits per heavy atom. The SMILES string of the molecule is O=C(Nc1nc2ccccc2s1)N1CCC[C@@H]1Cc1ccc(F)cc1. The molecule has 1 aliphatic heterocycles. The Labute approximate surface area is 149 Å². The quantitative estimate of drug-likeness (QED) is 0.742. The summed E-state index contributed by atoms with van der Waals surface area (Å²) in [6.45, 7) is 0.739. The molecule has 128 valence electrons. The molecule has 1 N–H and O–H groups in total. The van der Waals surface area contributed by atoms with Gasteiger partial charge in [-0.2, -0.15) is 0 Å². The van der Waals surface area contributed by atoms with Crippen LogP contribution in [0.5, 0.6) is 0 Å². The van der Waals surface area contributed by atoms with Crippen molar-refractivity contribution >= 4 is 32.7 Å². The van der Waals surface area contributed by atoms with Crippen molar-refractivity contribution < 1.29 is 9.18 Å². The number of nitrogens with zero attached hydrogens (tertiary/aromatic N) is 2. The van der Waals surface area contributed by atoms with Gasteiger partial charge in [-0.1, -0.05) is 35.6 Å². The van der Waals surface area contributed by atoms with Gasteiger partial charge in [0.05, 0.1) is 10.2 Å². The molecule has 1 atom stereocenters. The average molecular weight is 355 g/mol. The van der Waals surface area contributed by atoms with Gasteiger partial charge < -0.3 is 4.90 Å². The molecule has 4 nitrogen and oxygen atoms in total. The van der Waals surface area contributed by atoms with Crippen LogP contribution in [-0.2, 0) is 6.42 Å². The van der Waals surface area contributed by atoms with Gasteiger partial charge in [0, 0.05) is 12.6 Å². The number of hydrogen-bond donors (Lipinski definition) is 1. The number of nitrogens with one attached hydrogen (secondary N) is 1. The van der Waals surface area contributed by atoms with E-state index in [2.05, 4.69) is 10.3 Å². The maximum Gasteiger partial charge on any atom is 0.323 e. The first-order valence-electron chi connectivity index (χ1n) is 8.37. The number of carbonyl (C=O) groups is 1. The number of urea groups is 1. The van der Waals surface area contributed by atoms with Crippen LogP contribution >= 0.6 is 11.3 Å². The third kappa shape index (κ3) is 3.49. The van der Waals surface area contributed by atoms with Crippen LogP contribution in [0.3, 0.4) is 0 Å². The number of thiazole rings is 1. The molecule has 0 saturated carbocycles. The van der Waals surface area contributed by atoms with Crippen molar-refractivity contribution in [1.82, 2.24) is 9.88 Å². The normalized spacial score (nSPS) is 17.2. The highest BCUT2D eigenvalue weighted by molar-refractivity contribution is 7.22. The lowest BCUT2D eigenvalue weighted by atomic mass is 10.0. The summed E-state index contributed by atoms with van der Waals surface area (Å²) in [6.07, 6.45) is 2.69. The van der Waals surface area contributed by atoms with E-state index in [-0.39, 0.29) is 17.9 Å². The van der Waals surface area contributed by atoms with E-state index < -0.39 is 0 Å². The fourth-order valence-corrected chi connectivity index (χ4v) is 4.15. The molecular formula is C19H18FN3OS. The summed E-state index contributed by atoms with van der Waals surface area (Å²) in [5, 5.41) is 3.56. The van der Waals surface area contributed by atoms with Crippen molar-refractivity contribution in [3.63, 3.8) is 0 Å². The number of rotatable bonds is 3. The summed E-state index contributed by atoms with van der Waals surface area (Å²) < 4.78 is 14.1. The van der Waals surface area contributed by atoms with Crippen LogP contribution in [-0.4, -0.2) is 28.5 Å². The molecule has 0 radical (unpaired) electrons. The zero-order valence-corrected chi connectivity index (χ0v) is 14.4. The van der Waals surface area contributed by atoms with Gasteiger partial charge in [-0.25, -0.2) is 14.2 Å². The zero-order chi connectivity index (χ0) is 17.2. The number of carbonyl (C=O) groups excluding carboxylic acids is 1. The topological polar surface area (TPSA) is 45.2 Å². The first kappa shape index (κ1) is 16.0. The molecular weight excluding hydrogens is 337 g/mol. The van der Waals surface area contributed by atoms with Crippen LogP contribution in [0.25, 0.3) is 10.2 Å². The molecule has 1 fully saturated rings. The molecule has 1 aliphatic rings. The van der Waals surface area contributed by atoms with Crippen LogP contribution in [0.2, 0.25) is 0 Å². The lowest BCUT2D eigenvalue weighted by Gasteiger charge is -2.24.